The zero-order chi connectivity index (χ0) is 10.1. The largest absolute Gasteiger partial charge is 0.423 e. The van der Waals surface area contributed by atoms with E-state index in [0.29, 0.717) is 17.2 Å². The Labute approximate surface area is 81.4 Å². The fourth-order valence-electron chi connectivity index (χ4n) is 1.17. The van der Waals surface area contributed by atoms with Crippen molar-refractivity contribution in [3.63, 3.8) is 0 Å². The zero-order valence-electron chi connectivity index (χ0n) is 7.98. The van der Waals surface area contributed by atoms with Crippen molar-refractivity contribution < 1.29 is 4.42 Å². The predicted octanol–water partition coefficient (Wildman–Crippen LogP) is 1.77. The summed E-state index contributed by atoms with van der Waals surface area (Å²) in [5.74, 6) is 0. The van der Waals surface area contributed by atoms with Gasteiger partial charge in [-0.2, -0.15) is 10.2 Å². The van der Waals surface area contributed by atoms with Crippen molar-refractivity contribution in [3.05, 3.63) is 23.8 Å². The summed E-state index contributed by atoms with van der Waals surface area (Å²) in [6, 6.07) is 7.81. The zero-order valence-corrected chi connectivity index (χ0v) is 7.98. The van der Waals surface area contributed by atoms with Crippen LogP contribution in [0.2, 0.25) is 0 Å². The average Bonchev–Trinajstić information content (AvgIpc) is 2.59. The number of benzene rings is 1. The smallest absolute Gasteiger partial charge is 0.297 e. The van der Waals surface area contributed by atoms with Gasteiger partial charge in [-0.3, -0.25) is 0 Å². The normalized spacial score (nSPS) is 10.1. The highest BCUT2D eigenvalue weighted by atomic mass is 16.4. The van der Waals surface area contributed by atoms with Gasteiger partial charge in [0.05, 0.1) is 11.6 Å². The Morgan fingerprint density at radius 2 is 2.21 bits per heavy atom. The van der Waals surface area contributed by atoms with Crippen molar-refractivity contribution in [2.75, 3.05) is 19.0 Å². The predicted molar refractivity (Wildman–Crippen MR) is 53.1 cm³/mol. The molecule has 2 rings (SSSR count). The van der Waals surface area contributed by atoms with E-state index in [2.05, 4.69) is 11.1 Å². The topological polar surface area (TPSA) is 53.1 Å². The Bertz CT molecular complexity index is 508. The lowest BCUT2D eigenvalue weighted by molar-refractivity contribution is 0.596. The molecule has 4 nitrogen and oxygen atoms in total. The molecular formula is C10H9N3O. The summed E-state index contributed by atoms with van der Waals surface area (Å²) in [6.07, 6.45) is 0. The van der Waals surface area contributed by atoms with Crippen molar-refractivity contribution in [1.29, 1.82) is 5.26 Å². The van der Waals surface area contributed by atoms with Crippen LogP contribution < -0.4 is 4.90 Å². The summed E-state index contributed by atoms with van der Waals surface area (Å²) in [5.41, 5.74) is 2.00. The highest BCUT2D eigenvalue weighted by Gasteiger charge is 2.07. The van der Waals surface area contributed by atoms with Crippen molar-refractivity contribution in [1.82, 2.24) is 4.98 Å². The highest BCUT2D eigenvalue weighted by Crippen LogP contribution is 2.21. The van der Waals surface area contributed by atoms with Gasteiger partial charge in [0.15, 0.2) is 5.58 Å². The summed E-state index contributed by atoms with van der Waals surface area (Å²) >= 11 is 0. The van der Waals surface area contributed by atoms with Gasteiger partial charge in [-0.15, -0.1) is 0 Å². The first kappa shape index (κ1) is 8.57. The molecule has 1 heterocycles. The van der Waals surface area contributed by atoms with Crippen LogP contribution in [0.1, 0.15) is 5.56 Å². The monoisotopic (exact) mass is 187 g/mol. The van der Waals surface area contributed by atoms with Gasteiger partial charge >= 0.3 is 0 Å². The Morgan fingerprint density at radius 3 is 2.86 bits per heavy atom. The van der Waals surface area contributed by atoms with Gasteiger partial charge in [-0.25, -0.2) is 0 Å². The Hall–Kier alpha value is -2.02. The summed E-state index contributed by atoms with van der Waals surface area (Å²) < 4.78 is 5.44. The fourth-order valence-corrected chi connectivity index (χ4v) is 1.17. The molecule has 0 aliphatic rings. The van der Waals surface area contributed by atoms with E-state index in [4.69, 9.17) is 9.68 Å². The van der Waals surface area contributed by atoms with Crippen LogP contribution in [0.3, 0.4) is 0 Å². The third kappa shape index (κ3) is 1.29. The molecule has 0 spiro atoms. The Kier molecular flexibility index (Phi) is 1.86. The summed E-state index contributed by atoms with van der Waals surface area (Å²) in [6.45, 7) is 0. The van der Waals surface area contributed by atoms with E-state index in [-0.39, 0.29) is 0 Å². The van der Waals surface area contributed by atoms with Crippen LogP contribution in [-0.2, 0) is 0 Å². The van der Waals surface area contributed by atoms with E-state index in [1.807, 2.05) is 14.1 Å². The lowest BCUT2D eigenvalue weighted by Gasteiger charge is -2.03. The van der Waals surface area contributed by atoms with Crippen LogP contribution in [0.4, 0.5) is 6.01 Å². The minimum Gasteiger partial charge on any atom is -0.423 e. The molecule has 1 aromatic heterocycles. The molecule has 0 amide bonds. The van der Waals surface area contributed by atoms with Crippen LogP contribution >= 0.6 is 0 Å². The molecule has 0 saturated heterocycles. The number of nitrogens with zero attached hydrogens (tertiary/aromatic N) is 3. The van der Waals surface area contributed by atoms with Gasteiger partial charge in [0.2, 0.25) is 0 Å². The average molecular weight is 187 g/mol. The minimum absolute atomic E-state index is 0.551. The fraction of sp³-hybridized carbons (Fsp3) is 0.200. The van der Waals surface area contributed by atoms with Gasteiger partial charge in [-0.05, 0) is 12.1 Å². The van der Waals surface area contributed by atoms with E-state index >= 15 is 0 Å². The molecule has 0 radical (unpaired) electrons. The number of fused-ring (bicyclic) bond motifs is 1. The molecule has 70 valence electrons. The molecule has 1 aromatic carbocycles. The van der Waals surface area contributed by atoms with E-state index in [9.17, 15) is 0 Å². The van der Waals surface area contributed by atoms with Crippen molar-refractivity contribution in [2.24, 2.45) is 0 Å². The van der Waals surface area contributed by atoms with Gasteiger partial charge < -0.3 is 9.32 Å². The molecule has 0 aliphatic carbocycles. The molecule has 2 aromatic rings. The third-order valence-electron chi connectivity index (χ3n) is 1.89. The maximum atomic E-state index is 8.69. The number of hydrogen-bond donors (Lipinski definition) is 0. The van der Waals surface area contributed by atoms with E-state index in [1.165, 1.54) is 0 Å². The van der Waals surface area contributed by atoms with Crippen LogP contribution in [0.15, 0.2) is 22.6 Å². The lowest BCUT2D eigenvalue weighted by Crippen LogP contribution is -2.08. The maximum Gasteiger partial charge on any atom is 0.297 e. The summed E-state index contributed by atoms with van der Waals surface area (Å²) in [7, 11) is 3.71. The summed E-state index contributed by atoms with van der Waals surface area (Å²) in [5, 5.41) is 8.69. The molecule has 0 fully saturated rings. The maximum absolute atomic E-state index is 8.69. The molecule has 0 atom stereocenters. The second-order valence-electron chi connectivity index (χ2n) is 3.19. The number of aromatic nitrogens is 1. The van der Waals surface area contributed by atoms with Crippen LogP contribution in [0.25, 0.3) is 11.1 Å². The van der Waals surface area contributed by atoms with Crippen molar-refractivity contribution in [3.8, 4) is 6.07 Å². The highest BCUT2D eigenvalue weighted by molar-refractivity contribution is 5.76. The van der Waals surface area contributed by atoms with Crippen molar-refractivity contribution >= 4 is 17.1 Å². The van der Waals surface area contributed by atoms with E-state index < -0.39 is 0 Å². The second-order valence-corrected chi connectivity index (χ2v) is 3.19. The van der Waals surface area contributed by atoms with Gasteiger partial charge in [-0.1, -0.05) is 0 Å². The second kappa shape index (κ2) is 3.04. The van der Waals surface area contributed by atoms with Gasteiger partial charge in [0, 0.05) is 20.2 Å². The number of hydrogen-bond acceptors (Lipinski definition) is 4. The quantitative estimate of drug-likeness (QED) is 0.682. The standard InChI is InChI=1S/C10H9N3O/c1-13(2)10-12-8-4-3-7(6-11)5-9(8)14-10/h3-5H,1-2H3. The third-order valence-corrected chi connectivity index (χ3v) is 1.89. The van der Waals surface area contributed by atoms with E-state index in [0.717, 1.165) is 5.52 Å². The first-order chi connectivity index (χ1) is 6.70. The van der Waals surface area contributed by atoms with Crippen LogP contribution in [-0.4, -0.2) is 19.1 Å². The first-order valence-electron chi connectivity index (χ1n) is 4.19. The number of nitriles is 1. The van der Waals surface area contributed by atoms with Crippen molar-refractivity contribution in [2.45, 2.75) is 0 Å². The SMILES string of the molecule is CN(C)c1nc2ccc(C#N)cc2o1. The van der Waals surface area contributed by atoms with E-state index in [1.54, 1.807) is 23.1 Å². The molecule has 0 saturated carbocycles. The van der Waals surface area contributed by atoms with Crippen LogP contribution in [0.5, 0.6) is 0 Å². The van der Waals surface area contributed by atoms with Gasteiger partial charge in [0.25, 0.3) is 6.01 Å². The Balaban J connectivity index is 2.61. The Morgan fingerprint density at radius 1 is 1.43 bits per heavy atom. The molecular weight excluding hydrogens is 178 g/mol. The van der Waals surface area contributed by atoms with Crippen LogP contribution in [0, 0.1) is 11.3 Å². The minimum atomic E-state index is 0.551. The lowest BCUT2D eigenvalue weighted by atomic mass is 10.2. The van der Waals surface area contributed by atoms with Gasteiger partial charge in [0.1, 0.15) is 5.52 Å². The summed E-state index contributed by atoms with van der Waals surface area (Å²) in [4.78, 5) is 6.02. The molecule has 14 heavy (non-hydrogen) atoms. The molecule has 0 N–H and O–H groups in total. The number of oxazole rings is 1. The number of rotatable bonds is 1. The first-order valence-corrected chi connectivity index (χ1v) is 4.19. The number of anilines is 1. The molecule has 0 bridgehead atoms. The molecule has 0 aliphatic heterocycles. The molecule has 4 heteroatoms. The molecule has 0 unspecified atom stereocenters.